The van der Waals surface area contributed by atoms with Crippen LogP contribution < -0.4 is 5.32 Å². The van der Waals surface area contributed by atoms with Gasteiger partial charge in [0.25, 0.3) is 11.8 Å². The number of rotatable bonds is 5. The molecule has 3 aromatic rings. The predicted molar refractivity (Wildman–Crippen MR) is 101 cm³/mol. The van der Waals surface area contributed by atoms with E-state index in [1.807, 2.05) is 30.3 Å². The zero-order valence-corrected chi connectivity index (χ0v) is 14.4. The van der Waals surface area contributed by atoms with Crippen LogP contribution in [-0.4, -0.2) is 28.7 Å². The molecule has 5 nitrogen and oxygen atoms in total. The Hall–Kier alpha value is -3.47. The van der Waals surface area contributed by atoms with Crippen LogP contribution in [0, 0.1) is 0 Å². The van der Waals surface area contributed by atoms with Crippen LogP contribution in [0.5, 0.6) is 0 Å². The van der Waals surface area contributed by atoms with Gasteiger partial charge in [0.05, 0.1) is 0 Å². The minimum absolute atomic E-state index is 0.0882. The van der Waals surface area contributed by atoms with Crippen molar-refractivity contribution in [2.24, 2.45) is 0 Å². The minimum Gasteiger partial charge on any atom is -0.337 e. The second kappa shape index (κ2) is 8.07. The number of carbonyl (C=O) groups is 2. The summed E-state index contributed by atoms with van der Waals surface area (Å²) in [4.78, 5) is 30.4. The topological polar surface area (TPSA) is 62.3 Å². The van der Waals surface area contributed by atoms with Gasteiger partial charge in [0, 0.05) is 42.8 Å². The molecule has 1 aromatic heterocycles. The normalized spacial score (nSPS) is 10.2. The molecule has 0 radical (unpaired) electrons. The van der Waals surface area contributed by atoms with E-state index in [0.29, 0.717) is 23.4 Å². The number of amides is 2. The fourth-order valence-electron chi connectivity index (χ4n) is 2.55. The molecular formula is C21H19N3O2. The highest BCUT2D eigenvalue weighted by atomic mass is 16.2. The van der Waals surface area contributed by atoms with Gasteiger partial charge in [-0.1, -0.05) is 24.3 Å². The number of nitrogens with one attached hydrogen (secondary N) is 1. The van der Waals surface area contributed by atoms with Crippen molar-refractivity contribution in [3.63, 3.8) is 0 Å². The Labute approximate surface area is 152 Å². The van der Waals surface area contributed by atoms with Crippen molar-refractivity contribution < 1.29 is 9.59 Å². The summed E-state index contributed by atoms with van der Waals surface area (Å²) in [5, 5.41) is 2.82. The van der Waals surface area contributed by atoms with Gasteiger partial charge in [-0.25, -0.2) is 0 Å². The van der Waals surface area contributed by atoms with Crippen molar-refractivity contribution in [2.75, 3.05) is 12.4 Å². The third-order valence-electron chi connectivity index (χ3n) is 3.91. The molecule has 2 aromatic carbocycles. The number of pyridine rings is 1. The number of nitrogens with zero attached hydrogens (tertiary/aromatic N) is 2. The van der Waals surface area contributed by atoms with Crippen LogP contribution in [0.1, 0.15) is 26.3 Å². The first-order valence-corrected chi connectivity index (χ1v) is 8.24. The number of benzene rings is 2. The summed E-state index contributed by atoms with van der Waals surface area (Å²) in [6.45, 7) is 0.485. The van der Waals surface area contributed by atoms with Crippen LogP contribution in [0.2, 0.25) is 0 Å². The Morgan fingerprint density at radius 2 is 1.65 bits per heavy atom. The zero-order chi connectivity index (χ0) is 18.4. The van der Waals surface area contributed by atoms with E-state index in [-0.39, 0.29) is 11.8 Å². The molecule has 0 aliphatic heterocycles. The Morgan fingerprint density at radius 3 is 2.31 bits per heavy atom. The van der Waals surface area contributed by atoms with E-state index >= 15 is 0 Å². The number of carbonyl (C=O) groups excluding carboxylic acids is 2. The van der Waals surface area contributed by atoms with Crippen LogP contribution in [-0.2, 0) is 6.54 Å². The summed E-state index contributed by atoms with van der Waals surface area (Å²) in [5.74, 6) is -0.270. The Kier molecular flexibility index (Phi) is 5.39. The number of hydrogen-bond donors (Lipinski definition) is 1. The fourth-order valence-corrected chi connectivity index (χ4v) is 2.55. The van der Waals surface area contributed by atoms with E-state index in [0.717, 1.165) is 5.56 Å². The average molecular weight is 345 g/mol. The van der Waals surface area contributed by atoms with Gasteiger partial charge in [-0.2, -0.15) is 0 Å². The number of hydrogen-bond acceptors (Lipinski definition) is 3. The van der Waals surface area contributed by atoms with Crippen molar-refractivity contribution in [3.05, 3.63) is 95.8 Å². The quantitative estimate of drug-likeness (QED) is 0.768. The maximum absolute atomic E-state index is 12.5. The highest BCUT2D eigenvalue weighted by Crippen LogP contribution is 2.14. The molecule has 3 rings (SSSR count). The highest BCUT2D eigenvalue weighted by molar-refractivity contribution is 6.04. The van der Waals surface area contributed by atoms with E-state index in [1.165, 1.54) is 0 Å². The van der Waals surface area contributed by atoms with Crippen LogP contribution >= 0.6 is 0 Å². The monoisotopic (exact) mass is 345 g/mol. The first-order chi connectivity index (χ1) is 12.6. The molecule has 130 valence electrons. The predicted octanol–water partition coefficient (Wildman–Crippen LogP) is 3.61. The zero-order valence-electron chi connectivity index (χ0n) is 14.4. The van der Waals surface area contributed by atoms with E-state index in [4.69, 9.17) is 0 Å². The lowest BCUT2D eigenvalue weighted by molar-refractivity contribution is 0.0785. The van der Waals surface area contributed by atoms with Crippen LogP contribution in [0.25, 0.3) is 0 Å². The molecule has 0 saturated carbocycles. The molecule has 26 heavy (non-hydrogen) atoms. The minimum atomic E-state index is -0.182. The second-order valence-electron chi connectivity index (χ2n) is 5.92. The maximum atomic E-state index is 12.5. The van der Waals surface area contributed by atoms with Crippen molar-refractivity contribution in [3.8, 4) is 0 Å². The van der Waals surface area contributed by atoms with Crippen molar-refractivity contribution in [1.82, 2.24) is 9.88 Å². The molecule has 0 saturated heterocycles. The molecule has 0 fully saturated rings. The van der Waals surface area contributed by atoms with E-state index in [2.05, 4.69) is 10.3 Å². The first kappa shape index (κ1) is 17.4. The van der Waals surface area contributed by atoms with Crippen molar-refractivity contribution in [2.45, 2.75) is 6.54 Å². The van der Waals surface area contributed by atoms with E-state index in [9.17, 15) is 9.59 Å². The average Bonchev–Trinajstić information content (AvgIpc) is 2.69. The van der Waals surface area contributed by atoms with Gasteiger partial charge < -0.3 is 10.2 Å². The molecule has 0 atom stereocenters. The molecule has 0 aliphatic rings. The van der Waals surface area contributed by atoms with Crippen LogP contribution in [0.4, 0.5) is 5.69 Å². The summed E-state index contributed by atoms with van der Waals surface area (Å²) in [7, 11) is 1.75. The number of aromatic nitrogens is 1. The van der Waals surface area contributed by atoms with Crippen molar-refractivity contribution >= 4 is 17.5 Å². The van der Waals surface area contributed by atoms with E-state index in [1.54, 1.807) is 60.7 Å². The molecule has 5 heteroatoms. The molecule has 0 spiro atoms. The summed E-state index contributed by atoms with van der Waals surface area (Å²) in [6, 6.07) is 19.6. The molecule has 0 bridgehead atoms. The van der Waals surface area contributed by atoms with Gasteiger partial charge in [-0.3, -0.25) is 14.6 Å². The van der Waals surface area contributed by atoms with Gasteiger partial charge in [0.15, 0.2) is 0 Å². The van der Waals surface area contributed by atoms with Crippen molar-refractivity contribution in [1.29, 1.82) is 0 Å². The maximum Gasteiger partial charge on any atom is 0.255 e. The Balaban J connectivity index is 1.63. The van der Waals surface area contributed by atoms with Gasteiger partial charge in [0.2, 0.25) is 0 Å². The Morgan fingerprint density at radius 1 is 0.923 bits per heavy atom. The summed E-state index contributed by atoms with van der Waals surface area (Å²) in [6.07, 6.45) is 3.44. The number of anilines is 1. The smallest absolute Gasteiger partial charge is 0.255 e. The molecule has 1 heterocycles. The Bertz CT molecular complexity index is 878. The standard InChI is InChI=1S/C21H19N3O2/c1-24(15-16-6-5-13-22-14-16)21(26)18-9-11-19(12-10-18)23-20(25)17-7-3-2-4-8-17/h2-14H,15H2,1H3,(H,23,25). The molecule has 1 N–H and O–H groups in total. The molecule has 0 aliphatic carbocycles. The van der Waals surface area contributed by atoms with Gasteiger partial charge in [-0.05, 0) is 48.0 Å². The van der Waals surface area contributed by atoms with Gasteiger partial charge in [-0.15, -0.1) is 0 Å². The fraction of sp³-hybridized carbons (Fsp3) is 0.0952. The highest BCUT2D eigenvalue weighted by Gasteiger charge is 2.12. The van der Waals surface area contributed by atoms with Gasteiger partial charge in [0.1, 0.15) is 0 Å². The van der Waals surface area contributed by atoms with Gasteiger partial charge >= 0.3 is 0 Å². The third kappa shape index (κ3) is 4.33. The lowest BCUT2D eigenvalue weighted by Crippen LogP contribution is -2.26. The second-order valence-corrected chi connectivity index (χ2v) is 5.92. The largest absolute Gasteiger partial charge is 0.337 e. The lowest BCUT2D eigenvalue weighted by Gasteiger charge is -2.17. The lowest BCUT2D eigenvalue weighted by atomic mass is 10.1. The molecular weight excluding hydrogens is 326 g/mol. The molecule has 2 amide bonds. The first-order valence-electron chi connectivity index (χ1n) is 8.24. The molecule has 0 unspecified atom stereocenters. The third-order valence-corrected chi connectivity index (χ3v) is 3.91. The van der Waals surface area contributed by atoms with Crippen LogP contribution in [0.3, 0.4) is 0 Å². The summed E-state index contributed by atoms with van der Waals surface area (Å²) < 4.78 is 0. The van der Waals surface area contributed by atoms with Crippen LogP contribution in [0.15, 0.2) is 79.1 Å². The summed E-state index contributed by atoms with van der Waals surface area (Å²) >= 11 is 0. The van der Waals surface area contributed by atoms with E-state index < -0.39 is 0 Å². The SMILES string of the molecule is CN(Cc1cccnc1)C(=O)c1ccc(NC(=O)c2ccccc2)cc1. The summed E-state index contributed by atoms with van der Waals surface area (Å²) in [5.41, 5.74) is 2.76.